The summed E-state index contributed by atoms with van der Waals surface area (Å²) in [6.45, 7) is 4.30. The number of nitro benzene ring substituents is 1. The third-order valence-corrected chi connectivity index (χ3v) is 2.63. The Morgan fingerprint density at radius 1 is 1.53 bits per heavy atom. The highest BCUT2D eigenvalue weighted by atomic mass is 79.9. The molecule has 0 fully saturated rings. The molecule has 1 aromatic carbocycles. The predicted molar refractivity (Wildman–Crippen MR) is 70.4 cm³/mol. The summed E-state index contributed by atoms with van der Waals surface area (Å²) in [7, 11) is 1.60. The molecule has 0 radical (unpaired) electrons. The first-order valence-electron chi connectivity index (χ1n) is 5.07. The SMILES string of the molecule is COCC(C)(C)Nc1ccc(Br)cc1[N+](=O)[O-]. The first kappa shape index (κ1) is 13.9. The number of nitro groups is 1. The van der Waals surface area contributed by atoms with Crippen molar-refractivity contribution in [1.29, 1.82) is 0 Å². The lowest BCUT2D eigenvalue weighted by Gasteiger charge is -2.26. The Bertz CT molecular complexity index is 421. The molecule has 1 N–H and O–H groups in total. The maximum Gasteiger partial charge on any atom is 0.293 e. The molecule has 0 aromatic heterocycles. The highest BCUT2D eigenvalue weighted by Crippen LogP contribution is 2.30. The molecule has 17 heavy (non-hydrogen) atoms. The van der Waals surface area contributed by atoms with Crippen molar-refractivity contribution in [3.8, 4) is 0 Å². The minimum Gasteiger partial charge on any atom is -0.382 e. The van der Waals surface area contributed by atoms with Gasteiger partial charge in [0, 0.05) is 17.6 Å². The molecular weight excluding hydrogens is 288 g/mol. The lowest BCUT2D eigenvalue weighted by molar-refractivity contribution is -0.384. The van der Waals surface area contributed by atoms with Crippen LogP contribution in [0.15, 0.2) is 22.7 Å². The summed E-state index contributed by atoms with van der Waals surface area (Å²) in [6, 6.07) is 4.92. The van der Waals surface area contributed by atoms with E-state index in [-0.39, 0.29) is 11.2 Å². The number of anilines is 1. The van der Waals surface area contributed by atoms with Crippen LogP contribution in [0.25, 0.3) is 0 Å². The van der Waals surface area contributed by atoms with Gasteiger partial charge < -0.3 is 10.1 Å². The number of ether oxygens (including phenoxy) is 1. The highest BCUT2D eigenvalue weighted by Gasteiger charge is 2.22. The fourth-order valence-electron chi connectivity index (χ4n) is 1.52. The second-order valence-corrected chi connectivity index (χ2v) is 5.28. The van der Waals surface area contributed by atoms with Crippen molar-refractivity contribution in [3.63, 3.8) is 0 Å². The Morgan fingerprint density at radius 3 is 2.71 bits per heavy atom. The van der Waals surface area contributed by atoms with Gasteiger partial charge in [0.1, 0.15) is 5.69 Å². The number of hydrogen-bond acceptors (Lipinski definition) is 4. The van der Waals surface area contributed by atoms with Crippen LogP contribution < -0.4 is 5.32 Å². The largest absolute Gasteiger partial charge is 0.382 e. The molecule has 0 saturated heterocycles. The van der Waals surface area contributed by atoms with Crippen LogP contribution in [-0.4, -0.2) is 24.2 Å². The highest BCUT2D eigenvalue weighted by molar-refractivity contribution is 9.10. The van der Waals surface area contributed by atoms with Gasteiger partial charge in [-0.1, -0.05) is 15.9 Å². The van der Waals surface area contributed by atoms with Gasteiger partial charge in [-0.2, -0.15) is 0 Å². The van der Waals surface area contributed by atoms with E-state index < -0.39 is 4.92 Å². The van der Waals surface area contributed by atoms with Crippen molar-refractivity contribution >= 4 is 27.3 Å². The zero-order valence-corrected chi connectivity index (χ0v) is 11.6. The van der Waals surface area contributed by atoms with E-state index in [0.29, 0.717) is 16.8 Å². The average Bonchev–Trinajstić information content (AvgIpc) is 2.20. The van der Waals surface area contributed by atoms with Gasteiger partial charge >= 0.3 is 0 Å². The summed E-state index contributed by atoms with van der Waals surface area (Å²) >= 11 is 3.22. The zero-order valence-electron chi connectivity index (χ0n) is 9.99. The predicted octanol–water partition coefficient (Wildman–Crippen LogP) is 3.19. The standard InChI is InChI=1S/C11H15BrN2O3/c1-11(2,7-17-3)13-9-5-4-8(12)6-10(9)14(15)16/h4-6,13H,7H2,1-3H3. The van der Waals surface area contributed by atoms with E-state index >= 15 is 0 Å². The Balaban J connectivity index is 3.02. The quantitative estimate of drug-likeness (QED) is 0.670. The molecule has 5 nitrogen and oxygen atoms in total. The van der Waals surface area contributed by atoms with E-state index in [4.69, 9.17) is 4.74 Å². The Kier molecular flexibility index (Phi) is 4.47. The maximum atomic E-state index is 10.9. The Hall–Kier alpha value is -1.14. The molecule has 0 bridgehead atoms. The van der Waals surface area contributed by atoms with Gasteiger partial charge in [0.25, 0.3) is 5.69 Å². The van der Waals surface area contributed by atoms with E-state index in [2.05, 4.69) is 21.2 Å². The van der Waals surface area contributed by atoms with E-state index in [1.165, 1.54) is 6.07 Å². The summed E-state index contributed by atoms with van der Waals surface area (Å²) in [5, 5.41) is 14.0. The zero-order chi connectivity index (χ0) is 13.1. The Morgan fingerprint density at radius 2 is 2.18 bits per heavy atom. The molecule has 0 heterocycles. The average molecular weight is 303 g/mol. The minimum atomic E-state index is -0.407. The molecule has 6 heteroatoms. The topological polar surface area (TPSA) is 64.4 Å². The minimum absolute atomic E-state index is 0.0450. The number of rotatable bonds is 5. The molecule has 1 aromatic rings. The summed E-state index contributed by atoms with van der Waals surface area (Å²) in [5.74, 6) is 0. The van der Waals surface area contributed by atoms with Crippen molar-refractivity contribution in [1.82, 2.24) is 0 Å². The van der Waals surface area contributed by atoms with Crippen molar-refractivity contribution in [2.45, 2.75) is 19.4 Å². The van der Waals surface area contributed by atoms with Crippen LogP contribution >= 0.6 is 15.9 Å². The molecule has 1 rings (SSSR count). The van der Waals surface area contributed by atoms with Gasteiger partial charge in [-0.05, 0) is 26.0 Å². The van der Waals surface area contributed by atoms with Gasteiger partial charge in [-0.25, -0.2) is 0 Å². The number of nitrogens with one attached hydrogen (secondary N) is 1. The number of hydrogen-bond donors (Lipinski definition) is 1. The van der Waals surface area contributed by atoms with Gasteiger partial charge in [-0.3, -0.25) is 10.1 Å². The van der Waals surface area contributed by atoms with Gasteiger partial charge in [0.2, 0.25) is 0 Å². The fraction of sp³-hybridized carbons (Fsp3) is 0.455. The van der Waals surface area contributed by atoms with Crippen LogP contribution in [-0.2, 0) is 4.74 Å². The molecule has 0 aliphatic carbocycles. The van der Waals surface area contributed by atoms with Crippen LogP contribution in [0.4, 0.5) is 11.4 Å². The second kappa shape index (κ2) is 5.46. The molecule has 0 spiro atoms. The van der Waals surface area contributed by atoms with E-state index in [1.807, 2.05) is 13.8 Å². The first-order valence-corrected chi connectivity index (χ1v) is 5.86. The molecule has 0 unspecified atom stereocenters. The lowest BCUT2D eigenvalue weighted by Crippen LogP contribution is -2.36. The van der Waals surface area contributed by atoms with Crippen LogP contribution in [0, 0.1) is 10.1 Å². The second-order valence-electron chi connectivity index (χ2n) is 4.36. The molecule has 0 aliphatic rings. The summed E-state index contributed by atoms with van der Waals surface area (Å²) in [5.41, 5.74) is 0.164. The van der Waals surface area contributed by atoms with Gasteiger partial charge in [-0.15, -0.1) is 0 Å². The Labute approximate surface area is 108 Å². The van der Waals surface area contributed by atoms with Crippen molar-refractivity contribution in [2.75, 3.05) is 19.0 Å². The van der Waals surface area contributed by atoms with Crippen LogP contribution in [0.2, 0.25) is 0 Å². The van der Waals surface area contributed by atoms with E-state index in [0.717, 1.165) is 0 Å². The maximum absolute atomic E-state index is 10.9. The molecular formula is C11H15BrN2O3. The molecule has 0 saturated carbocycles. The summed E-state index contributed by atoms with van der Waals surface area (Å²) < 4.78 is 5.74. The number of nitrogens with zero attached hydrogens (tertiary/aromatic N) is 1. The van der Waals surface area contributed by atoms with Crippen LogP contribution in [0.5, 0.6) is 0 Å². The van der Waals surface area contributed by atoms with Crippen LogP contribution in [0.3, 0.4) is 0 Å². The smallest absolute Gasteiger partial charge is 0.293 e. The molecule has 0 aliphatic heterocycles. The monoisotopic (exact) mass is 302 g/mol. The first-order chi connectivity index (χ1) is 7.85. The normalized spacial score (nSPS) is 11.3. The van der Waals surface area contributed by atoms with Crippen molar-refractivity contribution < 1.29 is 9.66 Å². The summed E-state index contributed by atoms with van der Waals surface area (Å²) in [4.78, 5) is 10.5. The fourth-order valence-corrected chi connectivity index (χ4v) is 1.87. The van der Waals surface area contributed by atoms with Crippen molar-refractivity contribution in [2.24, 2.45) is 0 Å². The number of methoxy groups -OCH3 is 1. The van der Waals surface area contributed by atoms with Crippen LogP contribution in [0.1, 0.15) is 13.8 Å². The van der Waals surface area contributed by atoms with Gasteiger partial charge in [0.15, 0.2) is 0 Å². The summed E-state index contributed by atoms with van der Waals surface area (Å²) in [6.07, 6.45) is 0. The van der Waals surface area contributed by atoms with Crippen molar-refractivity contribution in [3.05, 3.63) is 32.8 Å². The third kappa shape index (κ3) is 3.98. The molecule has 94 valence electrons. The third-order valence-electron chi connectivity index (χ3n) is 2.13. The number of benzene rings is 1. The van der Waals surface area contributed by atoms with E-state index in [1.54, 1.807) is 19.2 Å². The molecule has 0 atom stereocenters. The molecule has 0 amide bonds. The lowest BCUT2D eigenvalue weighted by atomic mass is 10.1. The van der Waals surface area contributed by atoms with E-state index in [9.17, 15) is 10.1 Å². The van der Waals surface area contributed by atoms with Gasteiger partial charge in [0.05, 0.1) is 17.1 Å². The number of halogens is 1.